The first-order chi connectivity index (χ1) is 13.0. The van der Waals surface area contributed by atoms with Crippen LogP contribution >= 0.6 is 23.2 Å². The summed E-state index contributed by atoms with van der Waals surface area (Å²) in [6, 6.07) is 5.81. The maximum atomic E-state index is 11.8. The Morgan fingerprint density at radius 3 is 2.52 bits per heavy atom. The van der Waals surface area contributed by atoms with Crippen molar-refractivity contribution in [3.8, 4) is 0 Å². The summed E-state index contributed by atoms with van der Waals surface area (Å²) in [4.78, 5) is 17.8. The number of hydrogen-bond acceptors (Lipinski definition) is 3. The Labute approximate surface area is 171 Å². The zero-order chi connectivity index (χ0) is 19.8. The van der Waals surface area contributed by atoms with E-state index >= 15 is 0 Å². The van der Waals surface area contributed by atoms with E-state index in [0.717, 1.165) is 24.4 Å². The van der Waals surface area contributed by atoms with Crippen molar-refractivity contribution in [2.24, 2.45) is 4.99 Å². The minimum Gasteiger partial charge on any atom is -0.450 e. The second kappa shape index (κ2) is 10.6. The number of carbonyl (C=O) groups is 1. The van der Waals surface area contributed by atoms with Gasteiger partial charge in [0.15, 0.2) is 5.96 Å². The Balaban J connectivity index is 1.82. The number of ether oxygens (including phenoxy) is 1. The highest BCUT2D eigenvalue weighted by Gasteiger charge is 2.24. The Hall–Kier alpha value is -1.66. The number of halogens is 2. The Morgan fingerprint density at radius 2 is 1.96 bits per heavy atom. The van der Waals surface area contributed by atoms with Crippen LogP contribution in [0.25, 0.3) is 0 Å². The molecule has 2 rings (SSSR count). The van der Waals surface area contributed by atoms with E-state index < -0.39 is 0 Å². The molecule has 0 spiro atoms. The summed E-state index contributed by atoms with van der Waals surface area (Å²) < 4.78 is 5.05. The molecule has 1 fully saturated rings. The molecule has 1 heterocycles. The van der Waals surface area contributed by atoms with Crippen LogP contribution in [0.3, 0.4) is 0 Å². The van der Waals surface area contributed by atoms with Gasteiger partial charge in [0.05, 0.1) is 6.61 Å². The van der Waals surface area contributed by atoms with Crippen molar-refractivity contribution in [1.82, 2.24) is 15.5 Å². The average Bonchev–Trinajstić information content (AvgIpc) is 2.65. The fraction of sp³-hybridized carbons (Fsp3) is 0.579. The van der Waals surface area contributed by atoms with Crippen LogP contribution in [0.1, 0.15) is 38.2 Å². The third-order valence-electron chi connectivity index (χ3n) is 4.65. The second-order valence-electron chi connectivity index (χ2n) is 6.59. The largest absolute Gasteiger partial charge is 0.450 e. The molecule has 1 saturated heterocycles. The quantitative estimate of drug-likeness (QED) is 0.566. The summed E-state index contributed by atoms with van der Waals surface area (Å²) in [6.45, 7) is 6.31. The van der Waals surface area contributed by atoms with Gasteiger partial charge in [-0.3, -0.25) is 4.99 Å². The predicted molar refractivity (Wildman–Crippen MR) is 111 cm³/mol. The Morgan fingerprint density at radius 1 is 1.33 bits per heavy atom. The van der Waals surface area contributed by atoms with Gasteiger partial charge < -0.3 is 20.3 Å². The lowest BCUT2D eigenvalue weighted by Crippen LogP contribution is -2.50. The van der Waals surface area contributed by atoms with E-state index in [2.05, 4.69) is 22.5 Å². The molecule has 6 nitrogen and oxygen atoms in total. The molecule has 2 N–H and O–H groups in total. The molecule has 0 aromatic heterocycles. The average molecular weight is 415 g/mol. The maximum Gasteiger partial charge on any atom is 0.409 e. The first kappa shape index (κ1) is 21.6. The van der Waals surface area contributed by atoms with Crippen LogP contribution in [0.5, 0.6) is 0 Å². The highest BCUT2D eigenvalue weighted by molar-refractivity contribution is 6.36. The second-order valence-corrected chi connectivity index (χ2v) is 7.41. The molecule has 1 aliphatic rings. The summed E-state index contributed by atoms with van der Waals surface area (Å²) in [7, 11) is 1.75. The lowest BCUT2D eigenvalue weighted by atomic mass is 10.0. The standard InChI is InChI=1S/C19H28Cl2N4O2/c1-4-27-19(26)25-10-8-14(9-11-25)24-18(22-3)23-12-13(2)17-15(20)6-5-7-16(17)21/h5-7,13-14H,4,8-12H2,1-3H3,(H2,22,23,24). The number of likely N-dealkylation sites (tertiary alicyclic amines) is 1. The molecular weight excluding hydrogens is 387 g/mol. The van der Waals surface area contributed by atoms with Crippen LogP contribution in [0.4, 0.5) is 4.79 Å². The number of aliphatic imine (C=N–C) groups is 1. The molecule has 0 aliphatic carbocycles. The molecule has 0 saturated carbocycles. The van der Waals surface area contributed by atoms with E-state index in [-0.39, 0.29) is 18.1 Å². The van der Waals surface area contributed by atoms with Crippen LogP contribution in [-0.2, 0) is 4.74 Å². The van der Waals surface area contributed by atoms with E-state index in [4.69, 9.17) is 27.9 Å². The number of amides is 1. The topological polar surface area (TPSA) is 66.0 Å². The fourth-order valence-electron chi connectivity index (χ4n) is 3.14. The SMILES string of the molecule is CCOC(=O)N1CCC(NC(=NC)NCC(C)c2c(Cl)cccc2Cl)CC1. The van der Waals surface area contributed by atoms with Crippen LogP contribution in [0.2, 0.25) is 10.0 Å². The van der Waals surface area contributed by atoms with Gasteiger partial charge in [0.1, 0.15) is 0 Å². The molecule has 1 aliphatic heterocycles. The van der Waals surface area contributed by atoms with Gasteiger partial charge >= 0.3 is 6.09 Å². The number of hydrogen-bond donors (Lipinski definition) is 2. The van der Waals surface area contributed by atoms with Crippen LogP contribution < -0.4 is 10.6 Å². The van der Waals surface area contributed by atoms with Gasteiger partial charge in [-0.2, -0.15) is 0 Å². The number of piperidine rings is 1. The third kappa shape index (κ3) is 6.18. The van der Waals surface area contributed by atoms with E-state index in [1.807, 2.05) is 25.1 Å². The molecule has 1 aromatic carbocycles. The Bertz CT molecular complexity index is 641. The molecule has 0 radical (unpaired) electrons. The minimum absolute atomic E-state index is 0.135. The smallest absolute Gasteiger partial charge is 0.409 e. The number of guanidine groups is 1. The minimum atomic E-state index is -0.232. The summed E-state index contributed by atoms with van der Waals surface area (Å²) in [6.07, 6.45) is 1.47. The van der Waals surface area contributed by atoms with E-state index in [0.29, 0.717) is 36.3 Å². The monoisotopic (exact) mass is 414 g/mol. The highest BCUT2D eigenvalue weighted by Crippen LogP contribution is 2.30. The zero-order valence-electron chi connectivity index (χ0n) is 16.1. The van der Waals surface area contributed by atoms with Gasteiger partial charge in [-0.15, -0.1) is 0 Å². The van der Waals surface area contributed by atoms with Gasteiger partial charge in [0.25, 0.3) is 0 Å². The first-order valence-electron chi connectivity index (χ1n) is 9.29. The van der Waals surface area contributed by atoms with Crippen molar-refractivity contribution in [1.29, 1.82) is 0 Å². The normalized spacial score (nSPS) is 16.8. The molecule has 1 aromatic rings. The number of nitrogens with zero attached hydrogens (tertiary/aromatic N) is 2. The molecule has 1 atom stereocenters. The van der Waals surface area contributed by atoms with Crippen molar-refractivity contribution < 1.29 is 9.53 Å². The third-order valence-corrected chi connectivity index (χ3v) is 5.31. The van der Waals surface area contributed by atoms with Crippen molar-refractivity contribution in [2.75, 3.05) is 33.3 Å². The molecule has 1 amide bonds. The summed E-state index contributed by atoms with van der Waals surface area (Å²) in [5, 5.41) is 8.11. The van der Waals surface area contributed by atoms with Gasteiger partial charge in [0, 0.05) is 48.7 Å². The number of benzene rings is 1. The lowest BCUT2D eigenvalue weighted by Gasteiger charge is -2.32. The predicted octanol–water partition coefficient (Wildman–Crippen LogP) is 3.88. The molecule has 27 heavy (non-hydrogen) atoms. The fourth-order valence-corrected chi connectivity index (χ4v) is 3.91. The molecule has 0 bridgehead atoms. The summed E-state index contributed by atoms with van der Waals surface area (Å²) >= 11 is 12.6. The maximum absolute atomic E-state index is 11.8. The van der Waals surface area contributed by atoms with Crippen molar-refractivity contribution >= 4 is 35.3 Å². The van der Waals surface area contributed by atoms with Gasteiger partial charge in [0.2, 0.25) is 0 Å². The highest BCUT2D eigenvalue weighted by atomic mass is 35.5. The molecule has 150 valence electrons. The Kier molecular flexibility index (Phi) is 8.51. The molecule has 1 unspecified atom stereocenters. The van der Waals surface area contributed by atoms with Gasteiger partial charge in [-0.05, 0) is 37.5 Å². The van der Waals surface area contributed by atoms with Gasteiger partial charge in [-0.1, -0.05) is 36.2 Å². The first-order valence-corrected chi connectivity index (χ1v) is 10.0. The number of rotatable bonds is 5. The number of carbonyl (C=O) groups excluding carboxylic acids is 1. The molecule has 8 heteroatoms. The van der Waals surface area contributed by atoms with Crippen molar-refractivity contribution in [2.45, 2.75) is 38.6 Å². The van der Waals surface area contributed by atoms with Crippen LogP contribution in [-0.4, -0.2) is 56.3 Å². The number of nitrogens with one attached hydrogen (secondary N) is 2. The molecular formula is C19H28Cl2N4O2. The van der Waals surface area contributed by atoms with E-state index in [1.165, 1.54) is 0 Å². The summed E-state index contributed by atoms with van der Waals surface area (Å²) in [5.41, 5.74) is 0.937. The van der Waals surface area contributed by atoms with Crippen molar-refractivity contribution in [3.05, 3.63) is 33.8 Å². The van der Waals surface area contributed by atoms with E-state index in [9.17, 15) is 4.79 Å². The van der Waals surface area contributed by atoms with Crippen molar-refractivity contribution in [3.63, 3.8) is 0 Å². The zero-order valence-corrected chi connectivity index (χ0v) is 17.6. The van der Waals surface area contributed by atoms with E-state index in [1.54, 1.807) is 11.9 Å². The van der Waals surface area contributed by atoms with Crippen LogP contribution in [0.15, 0.2) is 23.2 Å². The summed E-state index contributed by atoms with van der Waals surface area (Å²) in [5.74, 6) is 0.870. The van der Waals surface area contributed by atoms with Crippen LogP contribution in [0, 0.1) is 0 Å². The lowest BCUT2D eigenvalue weighted by molar-refractivity contribution is 0.0963. The van der Waals surface area contributed by atoms with Gasteiger partial charge in [-0.25, -0.2) is 4.79 Å².